The largest absolute Gasteiger partial charge is 0.493 e. The first-order valence-corrected chi connectivity index (χ1v) is 7.59. The van der Waals surface area contributed by atoms with Gasteiger partial charge in [-0.1, -0.05) is 12.1 Å². The second-order valence-corrected chi connectivity index (χ2v) is 5.31. The van der Waals surface area contributed by atoms with E-state index in [0.717, 1.165) is 22.4 Å². The molecule has 0 bridgehead atoms. The zero-order valence-electron chi connectivity index (χ0n) is 14.2. The number of methoxy groups -OCH3 is 2. The fourth-order valence-electron chi connectivity index (χ4n) is 2.45. The number of nitrogens with one attached hydrogen (secondary N) is 1. The number of allylic oxidation sites excluding steroid dienone is 1. The Kier molecular flexibility index (Phi) is 5.80. The Hall–Kier alpha value is -3.00. The minimum absolute atomic E-state index is 0.430. The highest BCUT2D eigenvalue weighted by Gasteiger charge is 2.12. The maximum atomic E-state index is 9.07. The van der Waals surface area contributed by atoms with Gasteiger partial charge in [-0.05, 0) is 42.7 Å². The highest BCUT2D eigenvalue weighted by atomic mass is 16.5. The van der Waals surface area contributed by atoms with Crippen LogP contribution >= 0.6 is 0 Å². The van der Waals surface area contributed by atoms with Crippen molar-refractivity contribution in [3.8, 4) is 17.6 Å². The van der Waals surface area contributed by atoms with Gasteiger partial charge >= 0.3 is 0 Å². The maximum Gasteiger partial charge on any atom is 0.164 e. The number of benzene rings is 1. The van der Waals surface area contributed by atoms with E-state index in [0.29, 0.717) is 30.2 Å². The molecule has 1 aromatic heterocycles. The second-order valence-electron chi connectivity index (χ2n) is 5.31. The van der Waals surface area contributed by atoms with E-state index in [1.807, 2.05) is 31.2 Å². The van der Waals surface area contributed by atoms with Crippen LogP contribution in [0.4, 0.5) is 5.82 Å². The van der Waals surface area contributed by atoms with Crippen LogP contribution in [0.25, 0.3) is 0 Å². The van der Waals surface area contributed by atoms with Crippen molar-refractivity contribution in [2.45, 2.75) is 19.9 Å². The van der Waals surface area contributed by atoms with E-state index in [1.165, 1.54) is 0 Å². The smallest absolute Gasteiger partial charge is 0.164 e. The van der Waals surface area contributed by atoms with Crippen molar-refractivity contribution in [2.75, 3.05) is 19.5 Å². The van der Waals surface area contributed by atoms with E-state index in [1.54, 1.807) is 14.2 Å². The molecule has 5 heteroatoms. The minimum atomic E-state index is 0.430. The van der Waals surface area contributed by atoms with E-state index in [2.05, 4.69) is 29.0 Å². The predicted octanol–water partition coefficient (Wildman–Crippen LogP) is 3.62. The van der Waals surface area contributed by atoms with Crippen molar-refractivity contribution in [3.05, 3.63) is 59.3 Å². The van der Waals surface area contributed by atoms with Crippen molar-refractivity contribution in [2.24, 2.45) is 0 Å². The number of hydrogen-bond acceptors (Lipinski definition) is 5. The molecule has 0 aliphatic carbocycles. The summed E-state index contributed by atoms with van der Waals surface area (Å²) < 4.78 is 10.9. The van der Waals surface area contributed by atoms with Crippen LogP contribution in [0.2, 0.25) is 0 Å². The molecule has 0 saturated heterocycles. The zero-order valence-corrected chi connectivity index (χ0v) is 14.2. The van der Waals surface area contributed by atoms with Crippen LogP contribution in [-0.2, 0) is 13.0 Å². The third-order valence-corrected chi connectivity index (χ3v) is 3.66. The summed E-state index contributed by atoms with van der Waals surface area (Å²) in [5.41, 5.74) is 3.34. The Labute approximate surface area is 142 Å². The van der Waals surface area contributed by atoms with Crippen molar-refractivity contribution >= 4 is 5.82 Å². The van der Waals surface area contributed by atoms with Gasteiger partial charge in [0, 0.05) is 12.1 Å². The summed E-state index contributed by atoms with van der Waals surface area (Å²) >= 11 is 0. The Morgan fingerprint density at radius 3 is 2.71 bits per heavy atom. The van der Waals surface area contributed by atoms with Crippen LogP contribution in [0.15, 0.2) is 36.9 Å². The number of nitriles is 1. The molecule has 124 valence electrons. The fraction of sp³-hybridized carbons (Fsp3) is 0.263. The minimum Gasteiger partial charge on any atom is -0.493 e. The molecule has 0 unspecified atom stereocenters. The lowest BCUT2D eigenvalue weighted by atomic mass is 10.1. The van der Waals surface area contributed by atoms with E-state index in [4.69, 9.17) is 14.7 Å². The van der Waals surface area contributed by atoms with Crippen LogP contribution in [-0.4, -0.2) is 19.2 Å². The molecule has 1 heterocycles. The average Bonchev–Trinajstić information content (AvgIpc) is 2.60. The number of rotatable bonds is 7. The molecule has 24 heavy (non-hydrogen) atoms. The standard InChI is InChI=1S/C19H21N3O2/c1-5-6-15-9-14(10-17(23-3)19(15)24-4)12-21-18-8-7-13(2)16(11-20)22-18/h5,7-10H,1,6,12H2,2-4H3,(H,21,22). The monoisotopic (exact) mass is 323 g/mol. The quantitative estimate of drug-likeness (QED) is 0.788. The van der Waals surface area contributed by atoms with E-state index in [9.17, 15) is 0 Å². The number of anilines is 1. The highest BCUT2D eigenvalue weighted by molar-refractivity contribution is 5.51. The topological polar surface area (TPSA) is 67.2 Å². The molecule has 0 saturated carbocycles. The fourth-order valence-corrected chi connectivity index (χ4v) is 2.45. The average molecular weight is 323 g/mol. The molecule has 2 aromatic rings. The van der Waals surface area contributed by atoms with E-state index < -0.39 is 0 Å². The molecule has 1 aromatic carbocycles. The van der Waals surface area contributed by atoms with Gasteiger partial charge in [0.05, 0.1) is 14.2 Å². The third-order valence-electron chi connectivity index (χ3n) is 3.66. The summed E-state index contributed by atoms with van der Waals surface area (Å²) in [6.45, 7) is 6.21. The summed E-state index contributed by atoms with van der Waals surface area (Å²) in [5.74, 6) is 2.07. The molecule has 0 aliphatic heterocycles. The number of aromatic nitrogens is 1. The van der Waals surface area contributed by atoms with Gasteiger partial charge in [0.25, 0.3) is 0 Å². The number of nitrogens with zero attached hydrogens (tertiary/aromatic N) is 2. The summed E-state index contributed by atoms with van der Waals surface area (Å²) in [6.07, 6.45) is 2.52. The first-order valence-electron chi connectivity index (χ1n) is 7.59. The molecule has 0 aliphatic rings. The van der Waals surface area contributed by atoms with E-state index in [-0.39, 0.29) is 0 Å². The van der Waals surface area contributed by atoms with Crippen molar-refractivity contribution < 1.29 is 9.47 Å². The maximum absolute atomic E-state index is 9.07. The normalized spacial score (nSPS) is 9.92. The van der Waals surface area contributed by atoms with Crippen LogP contribution in [0.3, 0.4) is 0 Å². The Morgan fingerprint density at radius 2 is 2.08 bits per heavy atom. The summed E-state index contributed by atoms with van der Waals surface area (Å²) in [4.78, 5) is 4.30. The molecule has 0 radical (unpaired) electrons. The predicted molar refractivity (Wildman–Crippen MR) is 94.5 cm³/mol. The number of aryl methyl sites for hydroxylation is 1. The third kappa shape index (κ3) is 3.85. The van der Waals surface area contributed by atoms with Gasteiger partial charge in [-0.2, -0.15) is 5.26 Å². The molecule has 2 rings (SSSR count). The number of ether oxygens (including phenoxy) is 2. The van der Waals surface area contributed by atoms with Crippen LogP contribution < -0.4 is 14.8 Å². The van der Waals surface area contributed by atoms with E-state index >= 15 is 0 Å². The van der Waals surface area contributed by atoms with Crippen LogP contribution in [0.1, 0.15) is 22.4 Å². The van der Waals surface area contributed by atoms with Gasteiger partial charge in [0.2, 0.25) is 0 Å². The van der Waals surface area contributed by atoms with Gasteiger partial charge in [0.15, 0.2) is 11.5 Å². The van der Waals surface area contributed by atoms with Crippen LogP contribution in [0, 0.1) is 18.3 Å². The lowest BCUT2D eigenvalue weighted by molar-refractivity contribution is 0.352. The van der Waals surface area contributed by atoms with Gasteiger partial charge in [-0.15, -0.1) is 6.58 Å². The van der Waals surface area contributed by atoms with Gasteiger partial charge in [-0.3, -0.25) is 0 Å². The SMILES string of the molecule is C=CCc1cc(CNc2ccc(C)c(C#N)n2)cc(OC)c1OC. The first-order chi connectivity index (χ1) is 11.6. The van der Waals surface area contributed by atoms with Crippen molar-refractivity contribution in [1.82, 2.24) is 4.98 Å². The Bertz CT molecular complexity index is 779. The molecule has 0 atom stereocenters. The number of hydrogen-bond donors (Lipinski definition) is 1. The lowest BCUT2D eigenvalue weighted by Gasteiger charge is -2.15. The highest BCUT2D eigenvalue weighted by Crippen LogP contribution is 2.33. The molecule has 1 N–H and O–H groups in total. The molecule has 0 spiro atoms. The van der Waals surface area contributed by atoms with Gasteiger partial charge in [0.1, 0.15) is 17.6 Å². The summed E-state index contributed by atoms with van der Waals surface area (Å²) in [6, 6.07) is 9.82. The zero-order chi connectivity index (χ0) is 17.5. The van der Waals surface area contributed by atoms with Crippen LogP contribution in [0.5, 0.6) is 11.5 Å². The van der Waals surface area contributed by atoms with Gasteiger partial charge < -0.3 is 14.8 Å². The van der Waals surface area contributed by atoms with Gasteiger partial charge in [-0.25, -0.2) is 4.98 Å². The Balaban J connectivity index is 2.25. The molecule has 0 amide bonds. The first kappa shape index (κ1) is 17.4. The summed E-state index contributed by atoms with van der Waals surface area (Å²) in [5, 5.41) is 12.3. The Morgan fingerprint density at radius 1 is 1.29 bits per heavy atom. The summed E-state index contributed by atoms with van der Waals surface area (Å²) in [7, 11) is 3.25. The van der Waals surface area contributed by atoms with Crippen molar-refractivity contribution in [1.29, 1.82) is 5.26 Å². The molecular weight excluding hydrogens is 302 g/mol. The molecular formula is C19H21N3O2. The van der Waals surface area contributed by atoms with Crippen molar-refractivity contribution in [3.63, 3.8) is 0 Å². The second kappa shape index (κ2) is 8.02. The lowest BCUT2D eigenvalue weighted by Crippen LogP contribution is -2.05. The molecule has 0 fully saturated rings. The molecule has 5 nitrogen and oxygen atoms in total. The number of pyridine rings is 1.